The van der Waals surface area contributed by atoms with Crippen molar-refractivity contribution in [2.24, 2.45) is 0 Å². The van der Waals surface area contributed by atoms with Crippen molar-refractivity contribution in [3.8, 4) is 5.69 Å². The minimum atomic E-state index is -0.0724. The number of allylic oxidation sites excluding steroid dienone is 1. The normalized spacial score (nSPS) is 11.5. The fourth-order valence-electron chi connectivity index (χ4n) is 4.07. The van der Waals surface area contributed by atoms with E-state index in [9.17, 15) is 4.79 Å². The number of hydrogen-bond acceptors (Lipinski definition) is 5. The van der Waals surface area contributed by atoms with E-state index in [1.165, 1.54) is 0 Å². The van der Waals surface area contributed by atoms with Crippen molar-refractivity contribution in [1.29, 1.82) is 0 Å². The van der Waals surface area contributed by atoms with Crippen LogP contribution in [0, 0.1) is 13.8 Å². The third-order valence-corrected chi connectivity index (χ3v) is 7.07. The van der Waals surface area contributed by atoms with Gasteiger partial charge in [0, 0.05) is 34.3 Å². The van der Waals surface area contributed by atoms with Crippen LogP contribution in [-0.4, -0.2) is 30.3 Å². The second kappa shape index (κ2) is 9.72. The number of carbonyl (C=O) groups is 1. The molecule has 3 heterocycles. The number of pyridine rings is 1. The lowest BCUT2D eigenvalue weighted by Gasteiger charge is -2.10. The van der Waals surface area contributed by atoms with Crippen LogP contribution in [0.15, 0.2) is 89.1 Å². The Hall–Kier alpha value is -3.97. The smallest absolute Gasteiger partial charge is 0.189 e. The Morgan fingerprint density at radius 2 is 1.83 bits per heavy atom. The van der Waals surface area contributed by atoms with Gasteiger partial charge in [0.1, 0.15) is 5.03 Å². The molecule has 0 atom stereocenters. The van der Waals surface area contributed by atoms with Gasteiger partial charge in [-0.1, -0.05) is 48.2 Å². The summed E-state index contributed by atoms with van der Waals surface area (Å²) >= 11 is 1.60. The van der Waals surface area contributed by atoms with E-state index >= 15 is 0 Å². The Labute approximate surface area is 208 Å². The average molecular weight is 480 g/mol. The van der Waals surface area contributed by atoms with Crippen LogP contribution in [0.5, 0.6) is 0 Å². The standard InChI is InChI=1S/C28H25N5OS/c1-4-32-20(3)24(18-30-32)25(34)16-15-23-19(2)31-33(22-12-6-5-7-13-22)28(23)35-26-14-8-10-21-11-9-17-29-27(21)26/h5-18H,4H2,1-3H3/b16-15+. The van der Waals surface area contributed by atoms with Crippen molar-refractivity contribution in [3.05, 3.63) is 102 Å². The summed E-state index contributed by atoms with van der Waals surface area (Å²) in [6, 6.07) is 20.2. The lowest BCUT2D eigenvalue weighted by Crippen LogP contribution is -2.01. The number of para-hydroxylation sites is 2. The Bertz CT molecular complexity index is 1540. The molecule has 5 rings (SSSR count). The maximum absolute atomic E-state index is 13.0. The summed E-state index contributed by atoms with van der Waals surface area (Å²) in [4.78, 5) is 18.7. The molecule has 0 bridgehead atoms. The fraction of sp³-hybridized carbons (Fsp3) is 0.143. The minimum Gasteiger partial charge on any atom is -0.289 e. The molecule has 0 saturated carbocycles. The van der Waals surface area contributed by atoms with E-state index in [0.29, 0.717) is 5.56 Å². The second-order valence-corrected chi connectivity index (χ2v) is 9.17. The minimum absolute atomic E-state index is 0.0724. The number of rotatable bonds is 7. The molecule has 7 heteroatoms. The first-order valence-electron chi connectivity index (χ1n) is 11.5. The third-order valence-electron chi connectivity index (χ3n) is 5.94. The van der Waals surface area contributed by atoms with Crippen LogP contribution >= 0.6 is 11.8 Å². The summed E-state index contributed by atoms with van der Waals surface area (Å²) in [5, 5.41) is 11.2. The Balaban J connectivity index is 1.59. The SMILES string of the molecule is CCn1ncc(C(=O)/C=C/c2c(C)nn(-c3ccccc3)c2Sc2cccc3cccnc23)c1C. The van der Waals surface area contributed by atoms with E-state index in [4.69, 9.17) is 5.10 Å². The van der Waals surface area contributed by atoms with Crippen molar-refractivity contribution in [3.63, 3.8) is 0 Å². The summed E-state index contributed by atoms with van der Waals surface area (Å²) in [7, 11) is 0. The number of ketones is 1. The molecule has 0 saturated heterocycles. The van der Waals surface area contributed by atoms with Gasteiger partial charge in [-0.2, -0.15) is 10.2 Å². The highest BCUT2D eigenvalue weighted by atomic mass is 32.2. The van der Waals surface area contributed by atoms with Gasteiger partial charge in [-0.25, -0.2) is 4.68 Å². The maximum Gasteiger partial charge on any atom is 0.189 e. The van der Waals surface area contributed by atoms with Gasteiger partial charge in [0.2, 0.25) is 0 Å². The second-order valence-electron chi connectivity index (χ2n) is 8.14. The molecule has 0 radical (unpaired) electrons. The summed E-state index contributed by atoms with van der Waals surface area (Å²) in [6.07, 6.45) is 6.94. The molecular formula is C28H25N5OS. The van der Waals surface area contributed by atoms with E-state index < -0.39 is 0 Å². The highest BCUT2D eigenvalue weighted by molar-refractivity contribution is 7.99. The number of hydrogen-bond donors (Lipinski definition) is 0. The van der Waals surface area contributed by atoms with Gasteiger partial charge in [-0.05, 0) is 57.2 Å². The highest BCUT2D eigenvalue weighted by Crippen LogP contribution is 2.37. The molecule has 0 amide bonds. The van der Waals surface area contributed by atoms with Gasteiger partial charge in [0.15, 0.2) is 5.78 Å². The monoisotopic (exact) mass is 479 g/mol. The van der Waals surface area contributed by atoms with Gasteiger partial charge in [-0.3, -0.25) is 14.5 Å². The fourth-order valence-corrected chi connectivity index (χ4v) is 5.25. The number of carbonyl (C=O) groups excluding carboxylic acids is 1. The van der Waals surface area contributed by atoms with Crippen LogP contribution in [0.2, 0.25) is 0 Å². The molecule has 174 valence electrons. The van der Waals surface area contributed by atoms with Crippen molar-refractivity contribution < 1.29 is 4.79 Å². The topological polar surface area (TPSA) is 65.6 Å². The molecule has 0 aliphatic heterocycles. The first kappa shape index (κ1) is 22.8. The number of aryl methyl sites for hydroxylation is 2. The molecular weight excluding hydrogens is 454 g/mol. The quantitative estimate of drug-likeness (QED) is 0.202. The molecule has 3 aromatic heterocycles. The molecule has 0 spiro atoms. The van der Waals surface area contributed by atoms with E-state index in [1.807, 2.05) is 84.9 Å². The van der Waals surface area contributed by atoms with Crippen LogP contribution in [0.3, 0.4) is 0 Å². The molecule has 0 aliphatic rings. The van der Waals surface area contributed by atoms with Gasteiger partial charge in [-0.15, -0.1) is 0 Å². The molecule has 2 aromatic carbocycles. The molecule has 0 N–H and O–H groups in total. The average Bonchev–Trinajstić information content (AvgIpc) is 3.42. The molecule has 0 unspecified atom stereocenters. The van der Waals surface area contributed by atoms with Gasteiger partial charge >= 0.3 is 0 Å². The van der Waals surface area contributed by atoms with Crippen LogP contribution in [-0.2, 0) is 6.54 Å². The first-order chi connectivity index (χ1) is 17.1. The van der Waals surface area contributed by atoms with Gasteiger partial charge in [0.05, 0.1) is 28.7 Å². The molecule has 35 heavy (non-hydrogen) atoms. The van der Waals surface area contributed by atoms with E-state index in [0.717, 1.165) is 50.0 Å². The Morgan fingerprint density at radius 1 is 1.03 bits per heavy atom. The zero-order valence-electron chi connectivity index (χ0n) is 19.8. The van der Waals surface area contributed by atoms with Crippen molar-refractivity contribution in [2.75, 3.05) is 0 Å². The lowest BCUT2D eigenvalue weighted by molar-refractivity contribution is 0.104. The van der Waals surface area contributed by atoms with Crippen molar-refractivity contribution in [1.82, 2.24) is 24.5 Å². The highest BCUT2D eigenvalue weighted by Gasteiger charge is 2.18. The van der Waals surface area contributed by atoms with Crippen LogP contribution < -0.4 is 0 Å². The van der Waals surface area contributed by atoms with Gasteiger partial charge < -0.3 is 0 Å². The molecule has 0 aliphatic carbocycles. The third kappa shape index (κ3) is 4.42. The van der Waals surface area contributed by atoms with E-state index in [1.54, 1.807) is 24.0 Å². The zero-order chi connectivity index (χ0) is 24.4. The Morgan fingerprint density at radius 3 is 2.60 bits per heavy atom. The van der Waals surface area contributed by atoms with Gasteiger partial charge in [0.25, 0.3) is 0 Å². The lowest BCUT2D eigenvalue weighted by atomic mass is 10.1. The molecule has 5 aromatic rings. The number of aromatic nitrogens is 5. The number of benzene rings is 2. The maximum atomic E-state index is 13.0. The van der Waals surface area contributed by atoms with E-state index in [2.05, 4.69) is 28.3 Å². The summed E-state index contributed by atoms with van der Waals surface area (Å²) in [6.45, 7) is 6.63. The summed E-state index contributed by atoms with van der Waals surface area (Å²) in [5.41, 5.74) is 5.12. The summed E-state index contributed by atoms with van der Waals surface area (Å²) < 4.78 is 3.76. The number of fused-ring (bicyclic) bond motifs is 1. The Kier molecular flexibility index (Phi) is 6.33. The first-order valence-corrected chi connectivity index (χ1v) is 12.3. The van der Waals surface area contributed by atoms with Crippen molar-refractivity contribution >= 4 is 34.5 Å². The predicted octanol–water partition coefficient (Wildman–Crippen LogP) is 6.30. The summed E-state index contributed by atoms with van der Waals surface area (Å²) in [5.74, 6) is -0.0724. The number of nitrogens with zero attached hydrogens (tertiary/aromatic N) is 5. The van der Waals surface area contributed by atoms with E-state index in [-0.39, 0.29) is 5.78 Å². The zero-order valence-corrected chi connectivity index (χ0v) is 20.7. The van der Waals surface area contributed by atoms with Crippen LogP contribution in [0.25, 0.3) is 22.7 Å². The largest absolute Gasteiger partial charge is 0.289 e. The predicted molar refractivity (Wildman–Crippen MR) is 140 cm³/mol. The van der Waals surface area contributed by atoms with Crippen molar-refractivity contribution in [2.45, 2.75) is 37.2 Å². The van der Waals surface area contributed by atoms with Crippen LogP contribution in [0.1, 0.15) is 34.2 Å². The van der Waals surface area contributed by atoms with Crippen LogP contribution in [0.4, 0.5) is 0 Å². The molecule has 6 nitrogen and oxygen atoms in total. The molecule has 0 fully saturated rings.